The predicted octanol–water partition coefficient (Wildman–Crippen LogP) is 1.81. The van der Waals surface area contributed by atoms with Gasteiger partial charge in [0.1, 0.15) is 5.15 Å². The van der Waals surface area contributed by atoms with Gasteiger partial charge in [-0.2, -0.15) is 0 Å². The third-order valence-corrected chi connectivity index (χ3v) is 3.00. The van der Waals surface area contributed by atoms with Gasteiger partial charge < -0.3 is 10.0 Å². The van der Waals surface area contributed by atoms with Gasteiger partial charge in [-0.15, -0.1) is 0 Å². The van der Waals surface area contributed by atoms with Gasteiger partial charge in [0.15, 0.2) is 0 Å². The van der Waals surface area contributed by atoms with Crippen LogP contribution in [0.4, 0.5) is 0 Å². The second-order valence-electron chi connectivity index (χ2n) is 4.24. The number of hydrogen-bond donors (Lipinski definition) is 1. The third kappa shape index (κ3) is 3.20. The Labute approximate surface area is 109 Å². The van der Waals surface area contributed by atoms with E-state index in [1.165, 1.54) is 12.3 Å². The Morgan fingerprint density at radius 1 is 1.50 bits per heavy atom. The topological polar surface area (TPSA) is 70.5 Å². The van der Waals surface area contributed by atoms with Crippen molar-refractivity contribution in [3.05, 3.63) is 29.0 Å². The van der Waals surface area contributed by atoms with Gasteiger partial charge in [0.05, 0.1) is 6.42 Å². The fraction of sp³-hybridized carbons (Fsp3) is 0.417. The van der Waals surface area contributed by atoms with E-state index in [0.717, 1.165) is 12.8 Å². The molecule has 1 amide bonds. The van der Waals surface area contributed by atoms with Crippen LogP contribution in [0.2, 0.25) is 5.15 Å². The van der Waals surface area contributed by atoms with E-state index >= 15 is 0 Å². The first-order valence-corrected chi connectivity index (χ1v) is 6.10. The molecule has 1 aliphatic carbocycles. The van der Waals surface area contributed by atoms with Gasteiger partial charge in [-0.3, -0.25) is 9.59 Å². The Bertz CT molecular complexity index is 474. The smallest absolute Gasteiger partial charge is 0.305 e. The Kier molecular flexibility index (Phi) is 3.81. The van der Waals surface area contributed by atoms with Crippen molar-refractivity contribution in [2.75, 3.05) is 6.54 Å². The van der Waals surface area contributed by atoms with Crippen molar-refractivity contribution in [2.45, 2.75) is 25.3 Å². The number of carbonyl (C=O) groups is 2. The average molecular weight is 269 g/mol. The van der Waals surface area contributed by atoms with Crippen molar-refractivity contribution in [1.29, 1.82) is 0 Å². The normalized spacial score (nSPS) is 14.3. The molecule has 18 heavy (non-hydrogen) atoms. The molecule has 1 aliphatic rings. The van der Waals surface area contributed by atoms with E-state index in [1.54, 1.807) is 11.0 Å². The van der Waals surface area contributed by atoms with Crippen LogP contribution in [0.5, 0.6) is 0 Å². The second kappa shape index (κ2) is 5.35. The number of hydrogen-bond acceptors (Lipinski definition) is 3. The minimum Gasteiger partial charge on any atom is -0.481 e. The first-order valence-electron chi connectivity index (χ1n) is 5.72. The number of aliphatic carboxylic acids is 1. The summed E-state index contributed by atoms with van der Waals surface area (Å²) in [6.45, 7) is 0.235. The first-order chi connectivity index (χ1) is 8.58. The van der Waals surface area contributed by atoms with Gasteiger partial charge >= 0.3 is 5.97 Å². The fourth-order valence-electron chi connectivity index (χ4n) is 1.75. The van der Waals surface area contributed by atoms with E-state index in [9.17, 15) is 9.59 Å². The number of carbonyl (C=O) groups excluding carboxylic acids is 1. The largest absolute Gasteiger partial charge is 0.481 e. The highest BCUT2D eigenvalue weighted by atomic mass is 35.5. The molecule has 0 saturated heterocycles. The zero-order chi connectivity index (χ0) is 13.1. The number of amides is 1. The van der Waals surface area contributed by atoms with Gasteiger partial charge in [-0.1, -0.05) is 11.6 Å². The van der Waals surface area contributed by atoms with E-state index in [1.807, 2.05) is 0 Å². The molecular weight excluding hydrogens is 256 g/mol. The molecule has 0 atom stereocenters. The molecule has 0 aliphatic heterocycles. The molecule has 1 fully saturated rings. The lowest BCUT2D eigenvalue weighted by molar-refractivity contribution is -0.137. The van der Waals surface area contributed by atoms with Crippen LogP contribution in [0.25, 0.3) is 0 Å². The Balaban J connectivity index is 2.10. The van der Waals surface area contributed by atoms with Crippen molar-refractivity contribution < 1.29 is 14.7 Å². The molecular formula is C12H13ClN2O3. The summed E-state index contributed by atoms with van der Waals surface area (Å²) in [5, 5.41) is 8.95. The minimum atomic E-state index is -0.902. The average Bonchev–Trinajstić information content (AvgIpc) is 3.13. The van der Waals surface area contributed by atoms with Crippen LogP contribution in [-0.4, -0.2) is 39.5 Å². The molecule has 1 aromatic rings. The standard InChI is InChI=1S/C12H13ClN2O3/c13-10-7-8(3-5-14-10)12(18)15(9-1-2-9)6-4-11(16)17/h3,5,7,9H,1-2,4,6H2,(H,16,17). The Hall–Kier alpha value is -1.62. The molecule has 1 N–H and O–H groups in total. The number of carboxylic acids is 1. The molecule has 96 valence electrons. The van der Waals surface area contributed by atoms with Gasteiger partial charge in [-0.25, -0.2) is 4.98 Å². The second-order valence-corrected chi connectivity index (χ2v) is 4.63. The summed E-state index contributed by atoms with van der Waals surface area (Å²) in [5.41, 5.74) is 0.451. The van der Waals surface area contributed by atoms with Crippen molar-refractivity contribution in [2.24, 2.45) is 0 Å². The van der Waals surface area contributed by atoms with E-state index in [4.69, 9.17) is 16.7 Å². The molecule has 0 aromatic carbocycles. The third-order valence-electron chi connectivity index (χ3n) is 2.79. The Morgan fingerprint density at radius 2 is 2.22 bits per heavy atom. The number of carboxylic acid groups (broad SMARTS) is 1. The molecule has 1 heterocycles. The van der Waals surface area contributed by atoms with Crippen molar-refractivity contribution in [3.63, 3.8) is 0 Å². The van der Waals surface area contributed by atoms with Crippen LogP contribution in [0.15, 0.2) is 18.3 Å². The number of rotatable bonds is 5. The molecule has 2 rings (SSSR count). The highest BCUT2D eigenvalue weighted by molar-refractivity contribution is 6.29. The summed E-state index contributed by atoms with van der Waals surface area (Å²) in [5.74, 6) is -1.08. The summed E-state index contributed by atoms with van der Waals surface area (Å²) in [6, 6.07) is 3.26. The lowest BCUT2D eigenvalue weighted by atomic mass is 10.2. The summed E-state index contributed by atoms with van der Waals surface area (Å²) >= 11 is 5.74. The molecule has 5 nitrogen and oxygen atoms in total. The zero-order valence-corrected chi connectivity index (χ0v) is 10.4. The SMILES string of the molecule is O=C(O)CCN(C(=O)c1ccnc(Cl)c1)C1CC1. The van der Waals surface area contributed by atoms with Gasteiger partial charge in [0.2, 0.25) is 0 Å². The molecule has 0 bridgehead atoms. The van der Waals surface area contributed by atoms with Crippen LogP contribution in [0, 0.1) is 0 Å². The van der Waals surface area contributed by atoms with Crippen LogP contribution in [0.3, 0.4) is 0 Å². The monoisotopic (exact) mass is 268 g/mol. The number of nitrogens with zero attached hydrogens (tertiary/aromatic N) is 2. The number of aromatic nitrogens is 1. The maximum atomic E-state index is 12.2. The molecule has 6 heteroatoms. The van der Waals surface area contributed by atoms with Crippen LogP contribution in [0.1, 0.15) is 29.6 Å². The van der Waals surface area contributed by atoms with Crippen molar-refractivity contribution >= 4 is 23.5 Å². The van der Waals surface area contributed by atoms with E-state index in [-0.39, 0.29) is 30.1 Å². The lowest BCUT2D eigenvalue weighted by Gasteiger charge is -2.21. The highest BCUT2D eigenvalue weighted by Crippen LogP contribution is 2.28. The molecule has 1 saturated carbocycles. The van der Waals surface area contributed by atoms with Crippen LogP contribution in [-0.2, 0) is 4.79 Å². The van der Waals surface area contributed by atoms with Gasteiger partial charge in [0.25, 0.3) is 5.91 Å². The first kappa shape index (κ1) is 12.8. The maximum absolute atomic E-state index is 12.2. The quantitative estimate of drug-likeness (QED) is 0.827. The molecule has 0 spiro atoms. The van der Waals surface area contributed by atoms with E-state index in [0.29, 0.717) is 5.56 Å². The number of halogens is 1. The summed E-state index contributed by atoms with van der Waals surface area (Å²) in [4.78, 5) is 28.3. The van der Waals surface area contributed by atoms with Gasteiger partial charge in [0, 0.05) is 24.3 Å². The van der Waals surface area contributed by atoms with Crippen LogP contribution >= 0.6 is 11.6 Å². The van der Waals surface area contributed by atoms with Crippen molar-refractivity contribution in [3.8, 4) is 0 Å². The van der Waals surface area contributed by atoms with E-state index < -0.39 is 5.97 Å². The maximum Gasteiger partial charge on any atom is 0.305 e. The molecule has 0 unspecified atom stereocenters. The summed E-state index contributed by atoms with van der Waals surface area (Å²) in [6.07, 6.45) is 3.30. The number of pyridine rings is 1. The summed E-state index contributed by atoms with van der Waals surface area (Å²) < 4.78 is 0. The molecule has 0 radical (unpaired) electrons. The van der Waals surface area contributed by atoms with E-state index in [2.05, 4.69) is 4.98 Å². The summed E-state index contributed by atoms with van der Waals surface area (Å²) in [7, 11) is 0. The molecule has 1 aromatic heterocycles. The Morgan fingerprint density at radius 3 is 2.78 bits per heavy atom. The van der Waals surface area contributed by atoms with Gasteiger partial charge in [-0.05, 0) is 25.0 Å². The van der Waals surface area contributed by atoms with Crippen molar-refractivity contribution in [1.82, 2.24) is 9.88 Å². The fourth-order valence-corrected chi connectivity index (χ4v) is 1.93. The minimum absolute atomic E-state index is 0.0406. The lowest BCUT2D eigenvalue weighted by Crippen LogP contribution is -2.35. The predicted molar refractivity (Wildman–Crippen MR) is 65.6 cm³/mol. The zero-order valence-electron chi connectivity index (χ0n) is 9.67. The highest BCUT2D eigenvalue weighted by Gasteiger charge is 2.33. The van der Waals surface area contributed by atoms with Crippen LogP contribution < -0.4 is 0 Å².